The number of pyridine rings is 1. The summed E-state index contributed by atoms with van der Waals surface area (Å²) in [6.45, 7) is 0.923. The van der Waals surface area contributed by atoms with Gasteiger partial charge < -0.3 is 9.64 Å². The molecule has 2 heterocycles. The number of likely N-dealkylation sites (tertiary alicyclic amines) is 1. The molecule has 1 amide bonds. The van der Waals surface area contributed by atoms with Crippen molar-refractivity contribution >= 4 is 17.5 Å². The normalized spacial score (nSPS) is 14.7. The van der Waals surface area contributed by atoms with Crippen LogP contribution in [0, 0.1) is 5.82 Å². The third kappa shape index (κ3) is 2.97. The van der Waals surface area contributed by atoms with Gasteiger partial charge in [0.15, 0.2) is 0 Å². The van der Waals surface area contributed by atoms with Crippen LogP contribution in [-0.4, -0.2) is 35.0 Å². The van der Waals surface area contributed by atoms with E-state index in [9.17, 15) is 9.18 Å². The van der Waals surface area contributed by atoms with Crippen molar-refractivity contribution in [2.45, 2.75) is 6.10 Å². The molecule has 0 atom stereocenters. The number of carbonyl (C=O) groups is 1. The van der Waals surface area contributed by atoms with Crippen LogP contribution in [0.15, 0.2) is 42.6 Å². The van der Waals surface area contributed by atoms with E-state index in [1.54, 1.807) is 23.2 Å². The molecule has 0 spiro atoms. The third-order valence-electron chi connectivity index (χ3n) is 3.22. The first-order valence-electron chi connectivity index (χ1n) is 6.45. The lowest BCUT2D eigenvalue weighted by Crippen LogP contribution is -2.56. The molecule has 0 bridgehead atoms. The van der Waals surface area contributed by atoms with Crippen LogP contribution < -0.4 is 4.74 Å². The second kappa shape index (κ2) is 5.69. The molecule has 21 heavy (non-hydrogen) atoms. The van der Waals surface area contributed by atoms with Crippen molar-refractivity contribution in [1.29, 1.82) is 0 Å². The lowest BCUT2D eigenvalue weighted by molar-refractivity contribution is 0.0160. The van der Waals surface area contributed by atoms with Crippen molar-refractivity contribution in [3.8, 4) is 5.88 Å². The molecule has 1 aromatic carbocycles. The van der Waals surface area contributed by atoms with Crippen molar-refractivity contribution < 1.29 is 13.9 Å². The number of aromatic nitrogens is 1. The van der Waals surface area contributed by atoms with Crippen molar-refractivity contribution in [3.05, 3.63) is 59.0 Å². The van der Waals surface area contributed by atoms with Crippen molar-refractivity contribution in [2.24, 2.45) is 0 Å². The smallest absolute Gasteiger partial charge is 0.255 e. The molecule has 0 N–H and O–H groups in total. The van der Waals surface area contributed by atoms with Gasteiger partial charge in [-0.1, -0.05) is 17.7 Å². The van der Waals surface area contributed by atoms with Crippen LogP contribution >= 0.6 is 11.6 Å². The summed E-state index contributed by atoms with van der Waals surface area (Å²) in [6.07, 6.45) is 1.57. The molecule has 6 heteroatoms. The first kappa shape index (κ1) is 13.8. The topological polar surface area (TPSA) is 42.4 Å². The molecule has 2 aromatic rings. The van der Waals surface area contributed by atoms with Crippen molar-refractivity contribution in [3.63, 3.8) is 0 Å². The van der Waals surface area contributed by atoms with Crippen LogP contribution in [0.3, 0.4) is 0 Å². The summed E-state index contributed by atoms with van der Waals surface area (Å²) >= 11 is 5.89. The number of benzene rings is 1. The van der Waals surface area contributed by atoms with Crippen LogP contribution in [0.2, 0.25) is 5.02 Å². The number of halogens is 2. The summed E-state index contributed by atoms with van der Waals surface area (Å²) < 4.78 is 18.6. The third-order valence-corrected chi connectivity index (χ3v) is 3.53. The molecule has 1 saturated heterocycles. The fourth-order valence-corrected chi connectivity index (χ4v) is 2.35. The van der Waals surface area contributed by atoms with E-state index in [4.69, 9.17) is 16.3 Å². The van der Waals surface area contributed by atoms with Gasteiger partial charge in [0.2, 0.25) is 5.88 Å². The molecule has 1 aliphatic heterocycles. The predicted molar refractivity (Wildman–Crippen MR) is 76.0 cm³/mol. The Hall–Kier alpha value is -2.14. The van der Waals surface area contributed by atoms with Gasteiger partial charge in [-0.25, -0.2) is 9.37 Å². The van der Waals surface area contributed by atoms with Gasteiger partial charge in [0.1, 0.15) is 11.9 Å². The number of amides is 1. The molecule has 0 unspecified atom stereocenters. The number of ether oxygens (including phenoxy) is 1. The van der Waals surface area contributed by atoms with Crippen LogP contribution in [0.5, 0.6) is 5.88 Å². The molecule has 0 radical (unpaired) electrons. The molecule has 1 aromatic heterocycles. The van der Waals surface area contributed by atoms with Crippen LogP contribution in [0.25, 0.3) is 0 Å². The quantitative estimate of drug-likeness (QED) is 0.875. The molecule has 108 valence electrons. The summed E-state index contributed by atoms with van der Waals surface area (Å²) in [5.41, 5.74) is 0.300. The first-order valence-corrected chi connectivity index (χ1v) is 6.83. The fourth-order valence-electron chi connectivity index (χ4n) is 2.10. The van der Waals surface area contributed by atoms with Gasteiger partial charge in [-0.05, 0) is 24.3 Å². The van der Waals surface area contributed by atoms with Gasteiger partial charge in [0.05, 0.1) is 23.7 Å². The molecule has 0 saturated carbocycles. The zero-order valence-corrected chi connectivity index (χ0v) is 11.8. The lowest BCUT2D eigenvalue weighted by Gasteiger charge is -2.38. The minimum Gasteiger partial charge on any atom is -0.471 e. The molecular formula is C15H12ClFN2O2. The maximum atomic E-state index is 13.0. The van der Waals surface area contributed by atoms with Gasteiger partial charge in [-0.15, -0.1) is 0 Å². The van der Waals surface area contributed by atoms with Crippen LogP contribution in [0.4, 0.5) is 4.39 Å². The summed E-state index contributed by atoms with van der Waals surface area (Å²) in [6, 6.07) is 9.16. The van der Waals surface area contributed by atoms with E-state index in [-0.39, 0.29) is 17.0 Å². The Morgan fingerprint density at radius 2 is 2.14 bits per heavy atom. The number of hydrogen-bond acceptors (Lipinski definition) is 3. The number of carbonyl (C=O) groups excluding carboxylic acids is 1. The molecule has 1 aliphatic rings. The molecule has 0 aliphatic carbocycles. The van der Waals surface area contributed by atoms with E-state index in [2.05, 4.69) is 4.98 Å². The first-order chi connectivity index (χ1) is 10.1. The SMILES string of the molecule is O=C(c1ccc(F)cc1Cl)N1CC(Oc2ccccn2)C1. The molecule has 3 rings (SSSR count). The van der Waals surface area contributed by atoms with E-state index in [1.165, 1.54) is 12.1 Å². The maximum absolute atomic E-state index is 13.0. The van der Waals surface area contributed by atoms with Gasteiger partial charge in [0, 0.05) is 12.3 Å². The summed E-state index contributed by atoms with van der Waals surface area (Å²) in [7, 11) is 0. The van der Waals surface area contributed by atoms with Crippen molar-refractivity contribution in [2.75, 3.05) is 13.1 Å². The van der Waals surface area contributed by atoms with Gasteiger partial charge in [-0.2, -0.15) is 0 Å². The zero-order valence-electron chi connectivity index (χ0n) is 11.0. The van der Waals surface area contributed by atoms with E-state index in [0.29, 0.717) is 24.5 Å². The fraction of sp³-hybridized carbons (Fsp3) is 0.200. The molecule has 4 nitrogen and oxygen atoms in total. The standard InChI is InChI=1S/C15H12ClFN2O2/c16-13-7-10(17)4-5-12(13)15(20)19-8-11(9-19)21-14-3-1-2-6-18-14/h1-7,11H,8-9H2. The largest absolute Gasteiger partial charge is 0.471 e. The van der Waals surface area contributed by atoms with Crippen LogP contribution in [0.1, 0.15) is 10.4 Å². The number of rotatable bonds is 3. The summed E-state index contributed by atoms with van der Waals surface area (Å²) in [4.78, 5) is 17.9. The zero-order chi connectivity index (χ0) is 14.8. The average molecular weight is 307 g/mol. The number of nitrogens with zero attached hydrogens (tertiary/aromatic N) is 2. The minimum atomic E-state index is -0.462. The Morgan fingerprint density at radius 1 is 1.33 bits per heavy atom. The Bertz CT molecular complexity index is 660. The predicted octanol–water partition coefficient (Wildman–Crippen LogP) is 2.78. The van der Waals surface area contributed by atoms with Crippen molar-refractivity contribution in [1.82, 2.24) is 9.88 Å². The lowest BCUT2D eigenvalue weighted by atomic mass is 10.1. The highest BCUT2D eigenvalue weighted by atomic mass is 35.5. The van der Waals surface area contributed by atoms with E-state index in [0.717, 1.165) is 6.07 Å². The summed E-state index contributed by atoms with van der Waals surface area (Å²) in [5, 5.41) is 0.120. The van der Waals surface area contributed by atoms with E-state index >= 15 is 0 Å². The highest BCUT2D eigenvalue weighted by molar-refractivity contribution is 6.33. The van der Waals surface area contributed by atoms with E-state index in [1.807, 2.05) is 6.07 Å². The average Bonchev–Trinajstić information content (AvgIpc) is 2.43. The number of hydrogen-bond donors (Lipinski definition) is 0. The molecular weight excluding hydrogens is 295 g/mol. The molecule has 1 fully saturated rings. The highest BCUT2D eigenvalue weighted by Crippen LogP contribution is 2.23. The van der Waals surface area contributed by atoms with Crippen LogP contribution in [-0.2, 0) is 0 Å². The Labute approximate surface area is 126 Å². The Morgan fingerprint density at radius 3 is 2.81 bits per heavy atom. The minimum absolute atomic E-state index is 0.0805. The maximum Gasteiger partial charge on any atom is 0.255 e. The monoisotopic (exact) mass is 306 g/mol. The highest BCUT2D eigenvalue weighted by Gasteiger charge is 2.33. The van der Waals surface area contributed by atoms with E-state index < -0.39 is 5.82 Å². The second-order valence-electron chi connectivity index (χ2n) is 4.74. The van der Waals surface area contributed by atoms with Gasteiger partial charge in [-0.3, -0.25) is 4.79 Å². The Kier molecular flexibility index (Phi) is 3.75. The summed E-state index contributed by atoms with van der Waals surface area (Å²) in [5.74, 6) is -0.146. The second-order valence-corrected chi connectivity index (χ2v) is 5.15. The van der Waals surface area contributed by atoms with Gasteiger partial charge in [0.25, 0.3) is 5.91 Å². The Balaban J connectivity index is 1.59. The van der Waals surface area contributed by atoms with Gasteiger partial charge >= 0.3 is 0 Å².